The molecule has 0 aliphatic carbocycles. The van der Waals surface area contributed by atoms with Gasteiger partial charge in [-0.05, 0) is 12.3 Å². The van der Waals surface area contributed by atoms with Gasteiger partial charge in [-0.2, -0.15) is 5.10 Å². The Kier molecular flexibility index (Phi) is 2.15. The molecule has 0 unspecified atom stereocenters. The van der Waals surface area contributed by atoms with Gasteiger partial charge < -0.3 is 10.6 Å². The van der Waals surface area contributed by atoms with E-state index in [1.807, 2.05) is 0 Å². The second-order valence-corrected chi connectivity index (χ2v) is 3.68. The number of carbonyl (C=O) groups is 1. The Labute approximate surface area is 82.3 Å². The third-order valence-corrected chi connectivity index (χ3v) is 2.70. The Morgan fingerprint density at radius 3 is 3.00 bits per heavy atom. The SMILES string of the molecule is CCC1CN(C(=O)c2[nH]ncc2N)C1. The van der Waals surface area contributed by atoms with Crippen molar-refractivity contribution in [3.63, 3.8) is 0 Å². The molecule has 0 spiro atoms. The minimum absolute atomic E-state index is 0.0373. The van der Waals surface area contributed by atoms with Crippen molar-refractivity contribution in [2.75, 3.05) is 18.8 Å². The van der Waals surface area contributed by atoms with Crippen LogP contribution in [0.4, 0.5) is 5.69 Å². The van der Waals surface area contributed by atoms with Crippen LogP contribution in [0.5, 0.6) is 0 Å². The summed E-state index contributed by atoms with van der Waals surface area (Å²) in [5.41, 5.74) is 6.43. The number of aromatic amines is 1. The Bertz CT molecular complexity index is 340. The summed E-state index contributed by atoms with van der Waals surface area (Å²) in [5, 5.41) is 6.35. The Balaban J connectivity index is 2.01. The second kappa shape index (κ2) is 3.32. The molecule has 76 valence electrons. The minimum Gasteiger partial charge on any atom is -0.396 e. The lowest BCUT2D eigenvalue weighted by Gasteiger charge is -2.38. The molecule has 2 heterocycles. The van der Waals surface area contributed by atoms with Crippen molar-refractivity contribution in [2.24, 2.45) is 5.92 Å². The molecule has 1 fully saturated rings. The first kappa shape index (κ1) is 9.05. The molecular weight excluding hydrogens is 180 g/mol. The van der Waals surface area contributed by atoms with Gasteiger partial charge in [0.1, 0.15) is 5.69 Å². The zero-order valence-corrected chi connectivity index (χ0v) is 8.16. The molecule has 3 N–H and O–H groups in total. The van der Waals surface area contributed by atoms with Crippen molar-refractivity contribution in [3.8, 4) is 0 Å². The summed E-state index contributed by atoms with van der Waals surface area (Å²) in [5.74, 6) is 0.618. The van der Waals surface area contributed by atoms with Crippen molar-refractivity contribution in [2.45, 2.75) is 13.3 Å². The molecule has 0 radical (unpaired) electrons. The highest BCUT2D eigenvalue weighted by Crippen LogP contribution is 2.21. The number of amides is 1. The van der Waals surface area contributed by atoms with E-state index in [4.69, 9.17) is 5.73 Å². The topological polar surface area (TPSA) is 75.0 Å². The number of nitrogens with two attached hydrogens (primary N) is 1. The minimum atomic E-state index is -0.0373. The van der Waals surface area contributed by atoms with Gasteiger partial charge in [0.05, 0.1) is 11.9 Å². The van der Waals surface area contributed by atoms with E-state index in [9.17, 15) is 4.79 Å². The van der Waals surface area contributed by atoms with Crippen molar-refractivity contribution in [1.29, 1.82) is 0 Å². The number of nitrogens with one attached hydrogen (secondary N) is 1. The summed E-state index contributed by atoms with van der Waals surface area (Å²) in [6, 6.07) is 0. The quantitative estimate of drug-likeness (QED) is 0.718. The maximum Gasteiger partial charge on any atom is 0.274 e. The number of aromatic nitrogens is 2. The average Bonchev–Trinajstić information content (AvgIpc) is 2.49. The molecule has 0 bridgehead atoms. The van der Waals surface area contributed by atoms with Crippen molar-refractivity contribution in [1.82, 2.24) is 15.1 Å². The number of likely N-dealkylation sites (tertiary alicyclic amines) is 1. The first-order chi connectivity index (χ1) is 6.72. The lowest BCUT2D eigenvalue weighted by molar-refractivity contribution is 0.0489. The van der Waals surface area contributed by atoms with Gasteiger partial charge >= 0.3 is 0 Å². The van der Waals surface area contributed by atoms with Crippen LogP contribution in [0.1, 0.15) is 23.8 Å². The number of nitrogen functional groups attached to an aromatic ring is 1. The molecule has 5 heteroatoms. The number of hydrogen-bond acceptors (Lipinski definition) is 3. The number of carbonyl (C=O) groups excluding carboxylic acids is 1. The second-order valence-electron chi connectivity index (χ2n) is 3.68. The average molecular weight is 194 g/mol. The third kappa shape index (κ3) is 1.34. The number of rotatable bonds is 2. The van der Waals surface area contributed by atoms with E-state index in [1.54, 1.807) is 4.90 Å². The van der Waals surface area contributed by atoms with Gasteiger partial charge in [-0.3, -0.25) is 9.89 Å². The molecule has 1 aromatic heterocycles. The summed E-state index contributed by atoms with van der Waals surface area (Å²) >= 11 is 0. The zero-order valence-electron chi connectivity index (χ0n) is 8.16. The van der Waals surface area contributed by atoms with Gasteiger partial charge in [0.15, 0.2) is 0 Å². The van der Waals surface area contributed by atoms with Crippen molar-refractivity contribution >= 4 is 11.6 Å². The highest BCUT2D eigenvalue weighted by molar-refractivity contribution is 5.97. The number of nitrogens with zero attached hydrogens (tertiary/aromatic N) is 2. The standard InChI is InChI=1S/C9H14N4O/c1-2-6-4-13(5-6)9(14)8-7(10)3-11-12-8/h3,6H,2,4-5,10H2,1H3,(H,11,12). The number of anilines is 1. The summed E-state index contributed by atoms with van der Waals surface area (Å²) in [4.78, 5) is 13.5. The summed E-state index contributed by atoms with van der Waals surface area (Å²) in [6.07, 6.45) is 2.59. The molecule has 1 saturated heterocycles. The van der Waals surface area contributed by atoms with Crippen LogP contribution in [0, 0.1) is 5.92 Å². The number of H-pyrrole nitrogens is 1. The summed E-state index contributed by atoms with van der Waals surface area (Å²) in [6.45, 7) is 3.82. The molecule has 1 amide bonds. The van der Waals surface area contributed by atoms with E-state index in [-0.39, 0.29) is 5.91 Å². The molecule has 0 saturated carbocycles. The van der Waals surface area contributed by atoms with Gasteiger partial charge in [0, 0.05) is 13.1 Å². The van der Waals surface area contributed by atoms with E-state index in [0.29, 0.717) is 17.3 Å². The molecule has 2 rings (SSSR count). The third-order valence-electron chi connectivity index (χ3n) is 2.70. The van der Waals surface area contributed by atoms with Gasteiger partial charge in [-0.15, -0.1) is 0 Å². The van der Waals surface area contributed by atoms with E-state index >= 15 is 0 Å². The zero-order chi connectivity index (χ0) is 10.1. The summed E-state index contributed by atoms with van der Waals surface area (Å²) < 4.78 is 0. The van der Waals surface area contributed by atoms with Crippen LogP contribution in [0.2, 0.25) is 0 Å². The maximum absolute atomic E-state index is 11.7. The fourth-order valence-electron chi connectivity index (χ4n) is 1.62. The predicted octanol–water partition coefficient (Wildman–Crippen LogP) is 0.474. The van der Waals surface area contributed by atoms with Crippen LogP contribution in [0.3, 0.4) is 0 Å². The van der Waals surface area contributed by atoms with Crippen LogP contribution in [-0.4, -0.2) is 34.1 Å². The van der Waals surface area contributed by atoms with Crippen LogP contribution < -0.4 is 5.73 Å². The smallest absolute Gasteiger partial charge is 0.274 e. The first-order valence-electron chi connectivity index (χ1n) is 4.80. The van der Waals surface area contributed by atoms with Crippen LogP contribution in [-0.2, 0) is 0 Å². The molecule has 1 aliphatic heterocycles. The predicted molar refractivity (Wildman–Crippen MR) is 52.7 cm³/mol. The van der Waals surface area contributed by atoms with Gasteiger partial charge in [0.2, 0.25) is 0 Å². The molecule has 1 aromatic rings. The molecule has 14 heavy (non-hydrogen) atoms. The highest BCUT2D eigenvalue weighted by atomic mass is 16.2. The molecule has 5 nitrogen and oxygen atoms in total. The molecule has 1 aliphatic rings. The first-order valence-corrected chi connectivity index (χ1v) is 4.80. The monoisotopic (exact) mass is 194 g/mol. The Morgan fingerprint density at radius 1 is 1.79 bits per heavy atom. The maximum atomic E-state index is 11.7. The van der Waals surface area contributed by atoms with Crippen LogP contribution in [0.15, 0.2) is 6.20 Å². The van der Waals surface area contributed by atoms with E-state index in [0.717, 1.165) is 19.5 Å². The lowest BCUT2D eigenvalue weighted by atomic mass is 9.97. The Morgan fingerprint density at radius 2 is 2.50 bits per heavy atom. The van der Waals surface area contributed by atoms with E-state index < -0.39 is 0 Å². The fourth-order valence-corrected chi connectivity index (χ4v) is 1.62. The number of hydrogen-bond donors (Lipinski definition) is 2. The molecule has 0 aromatic carbocycles. The van der Waals surface area contributed by atoms with Crippen molar-refractivity contribution < 1.29 is 4.79 Å². The fraction of sp³-hybridized carbons (Fsp3) is 0.556. The van der Waals surface area contributed by atoms with E-state index in [1.165, 1.54) is 6.20 Å². The van der Waals surface area contributed by atoms with Gasteiger partial charge in [-0.1, -0.05) is 6.92 Å². The van der Waals surface area contributed by atoms with Crippen molar-refractivity contribution in [3.05, 3.63) is 11.9 Å². The Hall–Kier alpha value is -1.52. The van der Waals surface area contributed by atoms with Crippen LogP contribution >= 0.6 is 0 Å². The van der Waals surface area contributed by atoms with Gasteiger partial charge in [-0.25, -0.2) is 0 Å². The van der Waals surface area contributed by atoms with E-state index in [2.05, 4.69) is 17.1 Å². The highest BCUT2D eigenvalue weighted by Gasteiger charge is 2.31. The lowest BCUT2D eigenvalue weighted by Crippen LogP contribution is -2.49. The summed E-state index contributed by atoms with van der Waals surface area (Å²) in [7, 11) is 0. The normalized spacial score (nSPS) is 16.8. The molecule has 0 atom stereocenters. The van der Waals surface area contributed by atoms with Gasteiger partial charge in [0.25, 0.3) is 5.91 Å². The molecular formula is C9H14N4O. The largest absolute Gasteiger partial charge is 0.396 e. The van der Waals surface area contributed by atoms with Crippen LogP contribution in [0.25, 0.3) is 0 Å².